The summed E-state index contributed by atoms with van der Waals surface area (Å²) < 4.78 is 1.08. The van der Waals surface area contributed by atoms with Crippen molar-refractivity contribution in [2.45, 2.75) is 44.7 Å². The predicted molar refractivity (Wildman–Crippen MR) is 81.0 cm³/mol. The molecular weight excluding hydrogens is 304 g/mol. The van der Waals surface area contributed by atoms with Crippen LogP contribution in [0.4, 0.5) is 0 Å². The summed E-state index contributed by atoms with van der Waals surface area (Å²) in [5.74, 6) is 0.144. The Balaban J connectivity index is 2.07. The Morgan fingerprint density at radius 2 is 2.32 bits per heavy atom. The minimum atomic E-state index is -0.0635. The van der Waals surface area contributed by atoms with E-state index in [9.17, 15) is 4.79 Å². The van der Waals surface area contributed by atoms with Crippen LogP contribution >= 0.6 is 15.9 Å². The molecule has 19 heavy (non-hydrogen) atoms. The van der Waals surface area contributed by atoms with Crippen LogP contribution < -0.4 is 10.6 Å². The number of hydrogen-bond acceptors (Lipinski definition) is 2. The maximum absolute atomic E-state index is 12.0. The van der Waals surface area contributed by atoms with E-state index in [0.717, 1.165) is 36.7 Å². The first-order valence-electron chi connectivity index (χ1n) is 7.00. The van der Waals surface area contributed by atoms with Crippen LogP contribution in [-0.4, -0.2) is 18.5 Å². The van der Waals surface area contributed by atoms with Crippen LogP contribution in [-0.2, 0) is 4.79 Å². The molecule has 1 aromatic rings. The van der Waals surface area contributed by atoms with E-state index in [1.54, 1.807) is 0 Å². The van der Waals surface area contributed by atoms with Gasteiger partial charge in [-0.25, -0.2) is 0 Å². The van der Waals surface area contributed by atoms with E-state index in [4.69, 9.17) is 0 Å². The normalized spacial score (nSPS) is 21.6. The summed E-state index contributed by atoms with van der Waals surface area (Å²) in [6.07, 6.45) is 4.08. The summed E-state index contributed by atoms with van der Waals surface area (Å²) in [5.41, 5.74) is 1.23. The maximum Gasteiger partial charge on any atom is 0.237 e. The highest BCUT2D eigenvalue weighted by Crippen LogP contribution is 2.22. The summed E-state index contributed by atoms with van der Waals surface area (Å²) in [7, 11) is 0. The average Bonchev–Trinajstić information content (AvgIpc) is 2.61. The molecule has 1 heterocycles. The first kappa shape index (κ1) is 14.5. The van der Waals surface area contributed by atoms with Gasteiger partial charge >= 0.3 is 0 Å². The van der Waals surface area contributed by atoms with Crippen molar-refractivity contribution in [2.24, 2.45) is 0 Å². The van der Waals surface area contributed by atoms with E-state index in [0.29, 0.717) is 0 Å². The Labute approximate surface area is 123 Å². The van der Waals surface area contributed by atoms with E-state index in [-0.39, 0.29) is 18.0 Å². The number of carbonyl (C=O) groups excluding carboxylic acids is 1. The molecule has 0 spiro atoms. The highest BCUT2D eigenvalue weighted by Gasteiger charge is 2.23. The number of rotatable bonds is 4. The van der Waals surface area contributed by atoms with Crippen molar-refractivity contribution < 1.29 is 4.79 Å². The van der Waals surface area contributed by atoms with E-state index >= 15 is 0 Å². The van der Waals surface area contributed by atoms with Crippen LogP contribution in [0.5, 0.6) is 0 Å². The van der Waals surface area contributed by atoms with Gasteiger partial charge in [0, 0.05) is 17.1 Å². The number of amides is 1. The first-order valence-corrected chi connectivity index (χ1v) is 7.79. The Morgan fingerprint density at radius 1 is 1.47 bits per heavy atom. The summed E-state index contributed by atoms with van der Waals surface area (Å²) in [6, 6.07) is 8.46. The maximum atomic E-state index is 12.0. The van der Waals surface area contributed by atoms with E-state index in [1.165, 1.54) is 5.56 Å². The van der Waals surface area contributed by atoms with Crippen LogP contribution in [0.25, 0.3) is 0 Å². The van der Waals surface area contributed by atoms with Gasteiger partial charge in [-0.1, -0.05) is 35.0 Å². The van der Waals surface area contributed by atoms with Crippen LogP contribution in [0, 0.1) is 0 Å². The van der Waals surface area contributed by atoms with Crippen molar-refractivity contribution >= 4 is 21.8 Å². The number of halogens is 1. The van der Waals surface area contributed by atoms with Crippen molar-refractivity contribution in [3.8, 4) is 0 Å². The molecule has 1 saturated heterocycles. The molecule has 1 aliphatic rings. The van der Waals surface area contributed by atoms with Gasteiger partial charge in [0.25, 0.3) is 0 Å². The molecule has 2 unspecified atom stereocenters. The van der Waals surface area contributed by atoms with Crippen LogP contribution in [0.3, 0.4) is 0 Å². The molecule has 0 aromatic heterocycles. The fourth-order valence-corrected chi connectivity index (χ4v) is 2.93. The summed E-state index contributed by atoms with van der Waals surface area (Å²) in [6.45, 7) is 2.96. The zero-order valence-electron chi connectivity index (χ0n) is 11.3. The molecule has 4 heteroatoms. The second-order valence-electron chi connectivity index (χ2n) is 5.02. The Hall–Kier alpha value is -0.870. The number of carbonyl (C=O) groups is 1. The lowest BCUT2D eigenvalue weighted by Crippen LogP contribution is -2.44. The minimum absolute atomic E-state index is 0.0635. The van der Waals surface area contributed by atoms with Crippen molar-refractivity contribution in [3.05, 3.63) is 34.3 Å². The van der Waals surface area contributed by atoms with Crippen molar-refractivity contribution in [1.82, 2.24) is 10.6 Å². The van der Waals surface area contributed by atoms with Crippen molar-refractivity contribution in [1.29, 1.82) is 0 Å². The molecule has 0 bridgehead atoms. The zero-order valence-corrected chi connectivity index (χ0v) is 12.9. The molecule has 1 fully saturated rings. The SMILES string of the molecule is CCC(NC1CCCCNC1=O)c1cccc(Br)c1. The topological polar surface area (TPSA) is 41.1 Å². The molecule has 0 radical (unpaired) electrons. The van der Waals surface area contributed by atoms with Gasteiger partial charge in [0.1, 0.15) is 0 Å². The lowest BCUT2D eigenvalue weighted by atomic mass is 10.0. The van der Waals surface area contributed by atoms with Gasteiger partial charge in [-0.05, 0) is 43.4 Å². The molecule has 3 nitrogen and oxygen atoms in total. The molecule has 0 aliphatic carbocycles. The van der Waals surface area contributed by atoms with E-state index < -0.39 is 0 Å². The van der Waals surface area contributed by atoms with Crippen molar-refractivity contribution in [2.75, 3.05) is 6.54 Å². The smallest absolute Gasteiger partial charge is 0.237 e. The lowest BCUT2D eigenvalue weighted by molar-refractivity contribution is -0.123. The molecule has 1 aliphatic heterocycles. The van der Waals surface area contributed by atoms with Crippen molar-refractivity contribution in [3.63, 3.8) is 0 Å². The fourth-order valence-electron chi connectivity index (χ4n) is 2.51. The highest BCUT2D eigenvalue weighted by atomic mass is 79.9. The van der Waals surface area contributed by atoms with Crippen LogP contribution in [0.15, 0.2) is 28.7 Å². The fraction of sp³-hybridized carbons (Fsp3) is 0.533. The molecule has 2 N–H and O–H groups in total. The van der Waals surface area contributed by atoms with Gasteiger partial charge in [0.05, 0.1) is 6.04 Å². The van der Waals surface area contributed by atoms with Gasteiger partial charge in [0.2, 0.25) is 5.91 Å². The molecule has 104 valence electrons. The Kier molecular flexibility index (Phi) is 5.40. The molecule has 2 atom stereocenters. The monoisotopic (exact) mass is 324 g/mol. The average molecular weight is 325 g/mol. The number of benzene rings is 1. The van der Waals surface area contributed by atoms with E-state index in [2.05, 4.69) is 45.6 Å². The highest BCUT2D eigenvalue weighted by molar-refractivity contribution is 9.10. The Morgan fingerprint density at radius 3 is 3.05 bits per heavy atom. The number of nitrogens with one attached hydrogen (secondary N) is 2. The largest absolute Gasteiger partial charge is 0.355 e. The second-order valence-corrected chi connectivity index (χ2v) is 5.94. The third-order valence-corrected chi connectivity index (χ3v) is 4.09. The minimum Gasteiger partial charge on any atom is -0.355 e. The van der Waals surface area contributed by atoms with Gasteiger partial charge in [-0.2, -0.15) is 0 Å². The Bertz CT molecular complexity index is 436. The first-order chi connectivity index (χ1) is 9.20. The predicted octanol–water partition coefficient (Wildman–Crippen LogP) is 3.16. The standard InChI is InChI=1S/C15H21BrN2O/c1-2-13(11-6-5-7-12(16)10-11)18-14-8-3-4-9-17-15(14)19/h5-7,10,13-14,18H,2-4,8-9H2,1H3,(H,17,19). The quantitative estimate of drug-likeness (QED) is 0.893. The summed E-state index contributed by atoms with van der Waals surface area (Å²) >= 11 is 3.50. The summed E-state index contributed by atoms with van der Waals surface area (Å²) in [4.78, 5) is 12.0. The van der Waals surface area contributed by atoms with Crippen LogP contribution in [0.1, 0.15) is 44.2 Å². The molecule has 2 rings (SSSR count). The lowest BCUT2D eigenvalue weighted by Gasteiger charge is -2.23. The molecular formula is C15H21BrN2O. The van der Waals surface area contributed by atoms with Gasteiger partial charge in [0.15, 0.2) is 0 Å². The second kappa shape index (κ2) is 7.06. The third-order valence-electron chi connectivity index (χ3n) is 3.60. The molecule has 0 saturated carbocycles. The molecule has 1 aromatic carbocycles. The van der Waals surface area contributed by atoms with Gasteiger partial charge in [-0.15, -0.1) is 0 Å². The molecule has 1 amide bonds. The van der Waals surface area contributed by atoms with Gasteiger partial charge in [-0.3, -0.25) is 10.1 Å². The van der Waals surface area contributed by atoms with Crippen LogP contribution in [0.2, 0.25) is 0 Å². The summed E-state index contributed by atoms with van der Waals surface area (Å²) in [5, 5.41) is 6.48. The third kappa shape index (κ3) is 4.05. The van der Waals surface area contributed by atoms with Gasteiger partial charge < -0.3 is 5.32 Å². The van der Waals surface area contributed by atoms with E-state index in [1.807, 2.05) is 12.1 Å². The number of hydrogen-bond donors (Lipinski definition) is 2. The zero-order chi connectivity index (χ0) is 13.7.